The summed E-state index contributed by atoms with van der Waals surface area (Å²) in [6, 6.07) is 0.335. The first kappa shape index (κ1) is 20.0. The van der Waals surface area contributed by atoms with Crippen molar-refractivity contribution in [3.05, 3.63) is 12.7 Å². The summed E-state index contributed by atoms with van der Waals surface area (Å²) in [5, 5.41) is 1.98. The van der Waals surface area contributed by atoms with Gasteiger partial charge in [0.25, 0.3) is 0 Å². The van der Waals surface area contributed by atoms with Crippen LogP contribution in [0.5, 0.6) is 0 Å². The molecule has 5 rings (SSSR count). The zero-order valence-electron chi connectivity index (χ0n) is 17.5. The van der Waals surface area contributed by atoms with E-state index in [9.17, 15) is 0 Å². The average Bonchev–Trinajstić information content (AvgIpc) is 3.32. The fourth-order valence-electron chi connectivity index (χ4n) is 4.76. The molecule has 1 saturated carbocycles. The second kappa shape index (κ2) is 7.36. The molecule has 11 heteroatoms. The Bertz CT molecular complexity index is 915. The van der Waals surface area contributed by atoms with Crippen molar-refractivity contribution in [3.8, 4) is 0 Å². The number of anilines is 1. The lowest BCUT2D eigenvalue weighted by Crippen LogP contribution is -2.50. The maximum atomic E-state index is 6.44. The van der Waals surface area contributed by atoms with Crippen LogP contribution in [-0.4, -0.2) is 74.9 Å². The molecule has 0 unspecified atom stereocenters. The molecule has 2 aromatic heterocycles. The predicted molar refractivity (Wildman–Crippen MR) is 107 cm³/mol. The molecule has 0 amide bonds. The van der Waals surface area contributed by atoms with Crippen molar-refractivity contribution >= 4 is 17.0 Å². The van der Waals surface area contributed by atoms with Gasteiger partial charge >= 0.3 is 0 Å². The Labute approximate surface area is 174 Å². The van der Waals surface area contributed by atoms with Crippen molar-refractivity contribution in [3.63, 3.8) is 0 Å². The molecule has 0 aromatic carbocycles. The number of aromatic nitrogens is 4. The molecule has 1 aliphatic carbocycles. The summed E-state index contributed by atoms with van der Waals surface area (Å²) < 4.78 is 20.7. The molecule has 4 N–H and O–H groups in total. The fourth-order valence-corrected chi connectivity index (χ4v) is 4.76. The fraction of sp³-hybridized carbons (Fsp3) is 0.737. The lowest BCUT2D eigenvalue weighted by atomic mass is 9.80. The first-order chi connectivity index (χ1) is 14.4. The summed E-state index contributed by atoms with van der Waals surface area (Å²) >= 11 is 0. The smallest absolute Gasteiger partial charge is 0.167 e. The first-order valence-electron chi connectivity index (χ1n) is 10.3. The third-order valence-corrected chi connectivity index (χ3v) is 6.33. The van der Waals surface area contributed by atoms with Crippen LogP contribution in [0.25, 0.3) is 11.2 Å². The number of fused-ring (bicyclic) bond motifs is 2. The van der Waals surface area contributed by atoms with Gasteiger partial charge in [-0.15, -0.1) is 0 Å². The molecule has 30 heavy (non-hydrogen) atoms. The van der Waals surface area contributed by atoms with E-state index >= 15 is 0 Å². The van der Waals surface area contributed by atoms with Gasteiger partial charge in [-0.25, -0.2) is 15.0 Å². The summed E-state index contributed by atoms with van der Waals surface area (Å²) in [5.74, 6) is 0.183. The number of imidazole rings is 1. The van der Waals surface area contributed by atoms with Crippen LogP contribution in [0.4, 0.5) is 5.82 Å². The highest BCUT2D eigenvalue weighted by molar-refractivity contribution is 5.81. The van der Waals surface area contributed by atoms with Crippen LogP contribution in [0, 0.1) is 5.92 Å². The highest BCUT2D eigenvalue weighted by Crippen LogP contribution is 2.44. The molecule has 2 aliphatic heterocycles. The Balaban J connectivity index is 1.40. The Morgan fingerprint density at radius 2 is 2.00 bits per heavy atom. The minimum Gasteiger partial charge on any atom is -0.382 e. The van der Waals surface area contributed by atoms with Gasteiger partial charge in [0.15, 0.2) is 23.5 Å². The van der Waals surface area contributed by atoms with Gasteiger partial charge in [0.05, 0.1) is 20.0 Å². The second-order valence-electron chi connectivity index (χ2n) is 8.72. The number of hydroxylamine groups is 2. The molecule has 4 heterocycles. The molecule has 0 radical (unpaired) electrons. The number of ether oxygens (including phenoxy) is 3. The van der Waals surface area contributed by atoms with Crippen LogP contribution < -0.4 is 11.5 Å². The van der Waals surface area contributed by atoms with Crippen LogP contribution in [0.3, 0.4) is 0 Å². The van der Waals surface area contributed by atoms with E-state index in [4.69, 9.17) is 30.5 Å². The summed E-state index contributed by atoms with van der Waals surface area (Å²) in [5.41, 5.74) is 12.9. The summed E-state index contributed by atoms with van der Waals surface area (Å²) in [7, 11) is 1.69. The van der Waals surface area contributed by atoms with E-state index in [-0.39, 0.29) is 18.3 Å². The molecule has 2 aromatic rings. The number of rotatable bonds is 6. The molecule has 3 aliphatic rings. The van der Waals surface area contributed by atoms with E-state index < -0.39 is 12.0 Å². The SMILES string of the molecule is CON(C[C@H]1O[C@@H](n2cnc3c(N)ncnc32)[C@@H]2OC(C)(C)O[C@@H]21)C1CC(CN)C1. The quantitative estimate of drug-likeness (QED) is 0.634. The van der Waals surface area contributed by atoms with Crippen LogP contribution in [0.2, 0.25) is 0 Å². The third kappa shape index (κ3) is 3.26. The van der Waals surface area contributed by atoms with Gasteiger partial charge in [-0.2, -0.15) is 5.06 Å². The number of nitrogens with zero attached hydrogens (tertiary/aromatic N) is 5. The average molecular weight is 419 g/mol. The molecule has 4 atom stereocenters. The molecule has 3 fully saturated rings. The van der Waals surface area contributed by atoms with Crippen molar-refractivity contribution in [2.75, 3.05) is 25.9 Å². The molecule has 164 valence electrons. The minimum atomic E-state index is -0.709. The largest absolute Gasteiger partial charge is 0.382 e. The predicted octanol–water partition coefficient (Wildman–Crippen LogP) is 0.427. The van der Waals surface area contributed by atoms with Gasteiger partial charge in [-0.1, -0.05) is 0 Å². The van der Waals surface area contributed by atoms with E-state index in [1.54, 1.807) is 13.4 Å². The van der Waals surface area contributed by atoms with E-state index in [1.807, 2.05) is 23.5 Å². The van der Waals surface area contributed by atoms with Crippen LogP contribution in [0.15, 0.2) is 12.7 Å². The Kier molecular flexibility index (Phi) is 4.92. The molecule has 11 nitrogen and oxygen atoms in total. The molecule has 2 saturated heterocycles. The maximum Gasteiger partial charge on any atom is 0.167 e. The lowest BCUT2D eigenvalue weighted by Gasteiger charge is -2.42. The van der Waals surface area contributed by atoms with Gasteiger partial charge in [-0.3, -0.25) is 4.57 Å². The van der Waals surface area contributed by atoms with Crippen LogP contribution in [-0.2, 0) is 19.0 Å². The summed E-state index contributed by atoms with van der Waals surface area (Å²) in [6.07, 6.45) is 3.90. The minimum absolute atomic E-state index is 0.240. The number of nitrogens with two attached hydrogens (primary N) is 2. The van der Waals surface area contributed by atoms with Gasteiger partial charge < -0.3 is 30.5 Å². The Hall–Kier alpha value is -1.89. The van der Waals surface area contributed by atoms with Crippen LogP contribution in [0.1, 0.15) is 32.9 Å². The monoisotopic (exact) mass is 419 g/mol. The molecular formula is C19H29N7O4. The van der Waals surface area contributed by atoms with E-state index in [1.165, 1.54) is 6.33 Å². The summed E-state index contributed by atoms with van der Waals surface area (Å²) in [6.45, 7) is 5.11. The molecular weight excluding hydrogens is 390 g/mol. The van der Waals surface area contributed by atoms with Crippen molar-refractivity contribution in [2.45, 2.75) is 63.1 Å². The molecule has 0 spiro atoms. The lowest BCUT2D eigenvalue weighted by molar-refractivity contribution is -0.230. The Morgan fingerprint density at radius 1 is 1.23 bits per heavy atom. The highest BCUT2D eigenvalue weighted by atomic mass is 16.8. The van der Waals surface area contributed by atoms with Gasteiger partial charge in [0, 0.05) is 6.04 Å². The van der Waals surface area contributed by atoms with Crippen molar-refractivity contribution in [1.82, 2.24) is 24.6 Å². The van der Waals surface area contributed by atoms with Gasteiger partial charge in [-0.05, 0) is 39.2 Å². The topological polar surface area (TPSA) is 136 Å². The Morgan fingerprint density at radius 3 is 2.73 bits per heavy atom. The number of nitrogen functional groups attached to an aromatic ring is 1. The third-order valence-electron chi connectivity index (χ3n) is 6.33. The van der Waals surface area contributed by atoms with Gasteiger partial charge in [0.1, 0.15) is 30.2 Å². The first-order valence-corrected chi connectivity index (χ1v) is 10.3. The zero-order valence-corrected chi connectivity index (χ0v) is 17.5. The normalized spacial score (nSPS) is 35.1. The van der Waals surface area contributed by atoms with Crippen molar-refractivity contribution in [1.29, 1.82) is 0 Å². The van der Waals surface area contributed by atoms with Gasteiger partial charge in [0.2, 0.25) is 0 Å². The number of hydrogen-bond donors (Lipinski definition) is 2. The maximum absolute atomic E-state index is 6.44. The standard InChI is InChI=1S/C19H29N7O4/c1-19(2)29-14-12(7-26(27-3)11-4-10(5-11)6-20)28-18(15(14)30-19)25-9-24-13-16(21)22-8-23-17(13)25/h8-12,14-15,18H,4-7,20H2,1-3H3,(H2,21,22,23)/t10?,11?,12-,14-,15-,18-/m1/s1. The number of hydrogen-bond acceptors (Lipinski definition) is 10. The van der Waals surface area contributed by atoms with Crippen molar-refractivity contribution in [2.24, 2.45) is 11.7 Å². The van der Waals surface area contributed by atoms with E-state index in [2.05, 4.69) is 15.0 Å². The van der Waals surface area contributed by atoms with E-state index in [0.29, 0.717) is 42.0 Å². The van der Waals surface area contributed by atoms with E-state index in [0.717, 1.165) is 12.8 Å². The van der Waals surface area contributed by atoms with Crippen molar-refractivity contribution < 1.29 is 19.0 Å². The highest BCUT2D eigenvalue weighted by Gasteiger charge is 2.56. The zero-order chi connectivity index (χ0) is 21.0. The molecule has 0 bridgehead atoms. The second-order valence-corrected chi connectivity index (χ2v) is 8.72. The van der Waals surface area contributed by atoms with Crippen LogP contribution >= 0.6 is 0 Å². The summed E-state index contributed by atoms with van der Waals surface area (Å²) in [4.78, 5) is 18.4.